The first kappa shape index (κ1) is 38.7. The van der Waals surface area contributed by atoms with Crippen molar-refractivity contribution < 1.29 is 4.42 Å². The molecule has 0 N–H and O–H groups in total. The Morgan fingerprint density at radius 3 is 1.76 bits per heavy atom. The Balaban J connectivity index is 0.932. The molecule has 318 valence electrons. The number of fused-ring (bicyclic) bond motifs is 11. The summed E-state index contributed by atoms with van der Waals surface area (Å²) in [6.45, 7) is 0. The third-order valence-corrected chi connectivity index (χ3v) is 15.5. The second-order valence-corrected chi connectivity index (χ2v) is 19.0. The molecule has 0 bridgehead atoms. The lowest BCUT2D eigenvalue weighted by Crippen LogP contribution is -2.28. The summed E-state index contributed by atoms with van der Waals surface area (Å²) in [5.74, 6) is 0. The van der Waals surface area contributed by atoms with Gasteiger partial charge in [-0.3, -0.25) is 0 Å². The van der Waals surface area contributed by atoms with E-state index in [2.05, 4.69) is 254 Å². The normalized spacial score (nSPS) is 12.8. The van der Waals surface area contributed by atoms with E-state index in [1.165, 1.54) is 64.5 Å². The maximum absolute atomic E-state index is 6.96. The van der Waals surface area contributed by atoms with Crippen LogP contribution in [-0.4, -0.2) is 0 Å². The van der Waals surface area contributed by atoms with Gasteiger partial charge in [-0.15, -0.1) is 11.3 Å². The van der Waals surface area contributed by atoms with E-state index < -0.39 is 5.41 Å². The van der Waals surface area contributed by atoms with Gasteiger partial charge in [-0.25, -0.2) is 0 Å². The van der Waals surface area contributed by atoms with Crippen molar-refractivity contribution in [3.63, 3.8) is 0 Å². The highest BCUT2D eigenvalue weighted by atomic mass is 32.1. The number of nitrogens with zero attached hydrogens (tertiary/aromatic N) is 1. The minimum atomic E-state index is -0.430. The summed E-state index contributed by atoms with van der Waals surface area (Å²) in [5.41, 5.74) is 16.8. The fourth-order valence-corrected chi connectivity index (χ4v) is 12.4. The molecule has 2 nitrogen and oxygen atoms in total. The van der Waals surface area contributed by atoms with Gasteiger partial charge in [0.2, 0.25) is 0 Å². The molecule has 0 amide bonds. The molecule has 11 aromatic carbocycles. The number of benzene rings is 11. The Morgan fingerprint density at radius 1 is 0.338 bits per heavy atom. The zero-order chi connectivity index (χ0) is 44.8. The molecule has 1 aliphatic carbocycles. The molecule has 0 saturated carbocycles. The van der Waals surface area contributed by atoms with Crippen molar-refractivity contribution in [2.24, 2.45) is 0 Å². The molecule has 0 atom stereocenters. The maximum atomic E-state index is 6.96. The zero-order valence-corrected chi connectivity index (χ0v) is 37.8. The molecule has 0 fully saturated rings. The topological polar surface area (TPSA) is 16.4 Å². The Labute approximate surface area is 398 Å². The number of thiophene rings is 1. The standard InChI is InChI=1S/C65H41NOS/c1-3-17-45(18-4-1)65(46-19-5-2-6-20-46)58-27-12-9-22-50(58)56-40-44(33-38-59(56)65)42-30-34-47(35-31-42)66(48-36-39-62-57(41-48)52-24-11-14-29-61(52)68-62)60-28-13-10-23-51(60)53-25-15-26-54-55-37-32-43-16-7-8-21-49(43)63(55)67-64(53)54/h1-41H. The van der Waals surface area contributed by atoms with Gasteiger partial charge in [-0.1, -0.05) is 194 Å². The summed E-state index contributed by atoms with van der Waals surface area (Å²) in [7, 11) is 0. The first-order chi connectivity index (χ1) is 33.7. The molecule has 3 heteroatoms. The van der Waals surface area contributed by atoms with Gasteiger partial charge >= 0.3 is 0 Å². The molecule has 2 aromatic heterocycles. The average molecular weight is 884 g/mol. The van der Waals surface area contributed by atoms with Crippen LogP contribution < -0.4 is 4.90 Å². The van der Waals surface area contributed by atoms with Crippen LogP contribution in [0.1, 0.15) is 22.3 Å². The van der Waals surface area contributed by atoms with Crippen molar-refractivity contribution in [3.8, 4) is 33.4 Å². The predicted octanol–water partition coefficient (Wildman–Crippen LogP) is 18.3. The van der Waals surface area contributed by atoms with Gasteiger partial charge in [0.25, 0.3) is 0 Å². The number of para-hydroxylation sites is 2. The third-order valence-electron chi connectivity index (χ3n) is 14.4. The highest BCUT2D eigenvalue weighted by Crippen LogP contribution is 2.57. The van der Waals surface area contributed by atoms with Gasteiger partial charge in [0.1, 0.15) is 11.2 Å². The first-order valence-corrected chi connectivity index (χ1v) is 24.1. The van der Waals surface area contributed by atoms with Crippen molar-refractivity contribution in [3.05, 3.63) is 271 Å². The predicted molar refractivity (Wildman–Crippen MR) is 287 cm³/mol. The Bertz CT molecular complexity index is 4050. The van der Waals surface area contributed by atoms with E-state index in [0.717, 1.165) is 61.1 Å². The van der Waals surface area contributed by atoms with Crippen LogP contribution in [0, 0.1) is 0 Å². The largest absolute Gasteiger partial charge is 0.455 e. The third kappa shape index (κ3) is 5.76. The van der Waals surface area contributed by atoms with Crippen molar-refractivity contribution in [1.29, 1.82) is 0 Å². The van der Waals surface area contributed by atoms with E-state index in [1.54, 1.807) is 0 Å². The van der Waals surface area contributed by atoms with Crippen molar-refractivity contribution in [2.75, 3.05) is 4.90 Å². The fourth-order valence-electron chi connectivity index (χ4n) is 11.3. The molecule has 0 unspecified atom stereocenters. The summed E-state index contributed by atoms with van der Waals surface area (Å²) in [6.07, 6.45) is 0. The van der Waals surface area contributed by atoms with E-state index in [1.807, 2.05) is 11.3 Å². The van der Waals surface area contributed by atoms with Gasteiger partial charge in [0, 0.05) is 58.8 Å². The average Bonchev–Trinajstić information content (AvgIpc) is 4.08. The molecule has 2 heterocycles. The maximum Gasteiger partial charge on any atom is 0.143 e. The lowest BCUT2D eigenvalue weighted by Gasteiger charge is -2.33. The minimum absolute atomic E-state index is 0.430. The van der Waals surface area contributed by atoms with E-state index in [9.17, 15) is 0 Å². The van der Waals surface area contributed by atoms with Gasteiger partial charge in [0.05, 0.1) is 11.1 Å². The molecule has 0 spiro atoms. The smallest absolute Gasteiger partial charge is 0.143 e. The number of anilines is 3. The number of hydrogen-bond donors (Lipinski definition) is 0. The zero-order valence-electron chi connectivity index (χ0n) is 36.9. The molecule has 68 heavy (non-hydrogen) atoms. The lowest BCUT2D eigenvalue weighted by molar-refractivity contribution is 0.674. The molecule has 0 radical (unpaired) electrons. The summed E-state index contributed by atoms with van der Waals surface area (Å²) in [6, 6.07) is 91.2. The molecule has 1 aliphatic rings. The number of rotatable bonds is 7. The van der Waals surface area contributed by atoms with Crippen LogP contribution in [-0.2, 0) is 5.41 Å². The Kier molecular flexibility index (Phi) is 8.71. The Morgan fingerprint density at radius 2 is 0.941 bits per heavy atom. The quantitative estimate of drug-likeness (QED) is 0.159. The second-order valence-electron chi connectivity index (χ2n) is 17.9. The number of hydrogen-bond acceptors (Lipinski definition) is 3. The van der Waals surface area contributed by atoms with E-state index in [4.69, 9.17) is 4.42 Å². The second kappa shape index (κ2) is 15.3. The van der Waals surface area contributed by atoms with Crippen LogP contribution >= 0.6 is 11.3 Å². The molecule has 0 saturated heterocycles. The summed E-state index contributed by atoms with van der Waals surface area (Å²) in [5, 5.41) is 7.07. The molecular weight excluding hydrogens is 843 g/mol. The summed E-state index contributed by atoms with van der Waals surface area (Å²) in [4.78, 5) is 2.43. The Hall–Kier alpha value is -8.50. The minimum Gasteiger partial charge on any atom is -0.455 e. The van der Waals surface area contributed by atoms with E-state index >= 15 is 0 Å². The SMILES string of the molecule is c1ccc(C2(c3ccccc3)c3ccccc3-c3cc(-c4ccc(N(c5ccc6sc7ccccc7c6c5)c5ccccc5-c5cccc6c5oc5c7ccccc7ccc65)cc4)ccc32)cc1. The van der Waals surface area contributed by atoms with Crippen molar-refractivity contribution in [2.45, 2.75) is 5.41 Å². The molecule has 14 rings (SSSR count). The van der Waals surface area contributed by atoms with Crippen LogP contribution in [0.5, 0.6) is 0 Å². The van der Waals surface area contributed by atoms with Crippen LogP contribution in [0.15, 0.2) is 253 Å². The highest BCUT2D eigenvalue weighted by Gasteiger charge is 2.46. The van der Waals surface area contributed by atoms with E-state index in [0.29, 0.717) is 0 Å². The van der Waals surface area contributed by atoms with Gasteiger partial charge in [-0.05, 0) is 104 Å². The highest BCUT2D eigenvalue weighted by molar-refractivity contribution is 7.25. The van der Waals surface area contributed by atoms with Gasteiger partial charge in [-0.2, -0.15) is 0 Å². The number of furan rings is 1. The van der Waals surface area contributed by atoms with Gasteiger partial charge < -0.3 is 9.32 Å². The van der Waals surface area contributed by atoms with Crippen LogP contribution in [0.3, 0.4) is 0 Å². The van der Waals surface area contributed by atoms with Crippen molar-refractivity contribution >= 4 is 81.3 Å². The fraction of sp³-hybridized carbons (Fsp3) is 0.0154. The molecule has 0 aliphatic heterocycles. The van der Waals surface area contributed by atoms with Crippen LogP contribution in [0.4, 0.5) is 17.1 Å². The lowest BCUT2D eigenvalue weighted by atomic mass is 9.67. The summed E-state index contributed by atoms with van der Waals surface area (Å²) >= 11 is 1.85. The van der Waals surface area contributed by atoms with Gasteiger partial charge in [0.15, 0.2) is 0 Å². The first-order valence-electron chi connectivity index (χ1n) is 23.3. The van der Waals surface area contributed by atoms with Crippen LogP contribution in [0.2, 0.25) is 0 Å². The van der Waals surface area contributed by atoms with Crippen molar-refractivity contribution in [1.82, 2.24) is 0 Å². The summed E-state index contributed by atoms with van der Waals surface area (Å²) < 4.78 is 9.53. The molecular formula is C65H41NOS. The van der Waals surface area contributed by atoms with E-state index in [-0.39, 0.29) is 0 Å². The monoisotopic (exact) mass is 883 g/mol. The van der Waals surface area contributed by atoms with Crippen LogP contribution in [0.25, 0.3) is 86.3 Å². The molecule has 13 aromatic rings.